The van der Waals surface area contributed by atoms with E-state index in [0.717, 1.165) is 29.8 Å². The smallest absolute Gasteiger partial charge is 0.281 e. The van der Waals surface area contributed by atoms with Crippen molar-refractivity contribution in [2.75, 3.05) is 12.3 Å². The van der Waals surface area contributed by atoms with Crippen molar-refractivity contribution in [2.45, 2.75) is 19.9 Å². The monoisotopic (exact) mass is 252 g/mol. The summed E-state index contributed by atoms with van der Waals surface area (Å²) < 4.78 is 0. The molecule has 3 nitrogen and oxygen atoms in total. The predicted octanol–water partition coefficient (Wildman–Crippen LogP) is 2.85. The highest BCUT2D eigenvalue weighted by atomic mass is 32.2. The molecule has 2 rings (SSSR count). The Bertz CT molecular complexity index is 447. The van der Waals surface area contributed by atoms with Crippen LogP contribution in [0.4, 0.5) is 4.79 Å². The molecule has 0 saturated carbocycles. The number of thiophene rings is 1. The Labute approximate surface area is 103 Å². The molecule has 1 aromatic rings. The van der Waals surface area contributed by atoms with Gasteiger partial charge >= 0.3 is 0 Å². The first-order valence-corrected chi connectivity index (χ1v) is 7.03. The number of nitrogens with zero attached hydrogens (tertiary/aromatic N) is 2. The van der Waals surface area contributed by atoms with E-state index >= 15 is 0 Å². The van der Waals surface area contributed by atoms with E-state index in [1.807, 2.05) is 17.2 Å². The van der Waals surface area contributed by atoms with Crippen LogP contribution in [0.5, 0.6) is 0 Å². The van der Waals surface area contributed by atoms with Crippen LogP contribution < -0.4 is 0 Å². The Hall–Kier alpha value is -0.990. The Kier molecular flexibility index (Phi) is 3.52. The molecular weight excluding hydrogens is 240 g/mol. The summed E-state index contributed by atoms with van der Waals surface area (Å²) in [5, 5.41) is 11.0. The number of fused-ring (bicyclic) bond motifs is 1. The van der Waals surface area contributed by atoms with E-state index in [0.29, 0.717) is 6.54 Å². The van der Waals surface area contributed by atoms with Gasteiger partial charge in [-0.15, -0.1) is 11.3 Å². The van der Waals surface area contributed by atoms with Crippen molar-refractivity contribution in [1.82, 2.24) is 4.90 Å². The molecule has 16 heavy (non-hydrogen) atoms. The van der Waals surface area contributed by atoms with E-state index in [9.17, 15) is 4.79 Å². The summed E-state index contributed by atoms with van der Waals surface area (Å²) in [6, 6.07) is 2.21. The van der Waals surface area contributed by atoms with E-state index in [1.165, 1.54) is 16.6 Å². The van der Waals surface area contributed by atoms with Crippen molar-refractivity contribution in [3.05, 3.63) is 21.4 Å². The lowest BCUT2D eigenvalue weighted by atomic mass is 10.0. The summed E-state index contributed by atoms with van der Waals surface area (Å²) in [7, 11) is 0. The van der Waals surface area contributed by atoms with Crippen LogP contribution in [0.15, 0.2) is 5.38 Å². The van der Waals surface area contributed by atoms with Gasteiger partial charge in [0.25, 0.3) is 5.24 Å². The van der Waals surface area contributed by atoms with E-state index < -0.39 is 0 Å². The molecule has 0 fully saturated rings. The lowest BCUT2D eigenvalue weighted by Crippen LogP contribution is -2.32. The summed E-state index contributed by atoms with van der Waals surface area (Å²) >= 11 is 2.94. The number of hydrogen-bond acceptors (Lipinski definition) is 4. The van der Waals surface area contributed by atoms with Crippen molar-refractivity contribution in [1.29, 1.82) is 5.26 Å². The van der Waals surface area contributed by atoms with Crippen LogP contribution in [-0.4, -0.2) is 22.4 Å². The molecule has 0 N–H and O–H groups in total. The number of rotatable bonds is 1. The van der Waals surface area contributed by atoms with Gasteiger partial charge in [0.1, 0.15) is 6.07 Å². The van der Waals surface area contributed by atoms with Gasteiger partial charge in [-0.25, -0.2) is 0 Å². The van der Waals surface area contributed by atoms with Gasteiger partial charge in [-0.05, 0) is 17.7 Å². The molecule has 1 aromatic heterocycles. The van der Waals surface area contributed by atoms with Gasteiger partial charge in [-0.2, -0.15) is 5.26 Å². The minimum absolute atomic E-state index is 0.153. The van der Waals surface area contributed by atoms with Crippen molar-refractivity contribution >= 4 is 28.3 Å². The molecule has 84 valence electrons. The third-order valence-corrected chi connectivity index (χ3v) is 4.40. The van der Waals surface area contributed by atoms with Crippen LogP contribution >= 0.6 is 23.1 Å². The highest BCUT2D eigenvalue weighted by Crippen LogP contribution is 2.29. The summed E-state index contributed by atoms with van der Waals surface area (Å²) in [4.78, 5) is 14.8. The van der Waals surface area contributed by atoms with Crippen LogP contribution in [0, 0.1) is 11.3 Å². The molecule has 0 saturated heterocycles. The van der Waals surface area contributed by atoms with E-state index in [2.05, 4.69) is 6.07 Å². The molecule has 1 amide bonds. The van der Waals surface area contributed by atoms with Crippen molar-refractivity contribution in [3.63, 3.8) is 0 Å². The van der Waals surface area contributed by atoms with Gasteiger partial charge < -0.3 is 4.90 Å². The summed E-state index contributed by atoms with van der Waals surface area (Å²) in [6.07, 6.45) is 0.817. The van der Waals surface area contributed by atoms with E-state index in [-0.39, 0.29) is 5.24 Å². The maximum atomic E-state index is 11.7. The lowest BCUT2D eigenvalue weighted by molar-refractivity contribution is 0.219. The number of carbonyl (C=O) groups excluding carboxylic acids is 1. The Morgan fingerprint density at radius 2 is 2.56 bits per heavy atom. The minimum Gasteiger partial charge on any atom is -0.328 e. The number of amides is 1. The third-order valence-electron chi connectivity index (χ3n) is 2.59. The quantitative estimate of drug-likeness (QED) is 0.772. The number of carbonyl (C=O) groups is 1. The minimum atomic E-state index is 0.153. The van der Waals surface area contributed by atoms with Gasteiger partial charge in [0.15, 0.2) is 0 Å². The first kappa shape index (κ1) is 11.5. The molecule has 0 radical (unpaired) electrons. The zero-order valence-corrected chi connectivity index (χ0v) is 10.7. The average Bonchev–Trinajstić information content (AvgIpc) is 2.71. The number of nitriles is 1. The van der Waals surface area contributed by atoms with Gasteiger partial charge in [0.2, 0.25) is 0 Å². The molecule has 1 aliphatic rings. The van der Waals surface area contributed by atoms with Gasteiger partial charge in [-0.3, -0.25) is 4.79 Å². The molecule has 1 aliphatic heterocycles. The molecule has 0 aliphatic carbocycles. The van der Waals surface area contributed by atoms with Crippen molar-refractivity contribution in [3.8, 4) is 6.07 Å². The topological polar surface area (TPSA) is 44.1 Å². The maximum Gasteiger partial charge on any atom is 0.281 e. The molecule has 0 bridgehead atoms. The van der Waals surface area contributed by atoms with Crippen LogP contribution in [0.1, 0.15) is 22.9 Å². The summed E-state index contributed by atoms with van der Waals surface area (Å²) in [5.74, 6) is 0.816. The fourth-order valence-corrected chi connectivity index (χ4v) is 3.42. The first-order valence-electron chi connectivity index (χ1n) is 5.17. The van der Waals surface area contributed by atoms with Crippen LogP contribution in [0.3, 0.4) is 0 Å². The molecule has 5 heteroatoms. The maximum absolute atomic E-state index is 11.7. The largest absolute Gasteiger partial charge is 0.328 e. The van der Waals surface area contributed by atoms with E-state index in [1.54, 1.807) is 11.3 Å². The third kappa shape index (κ3) is 2.08. The lowest BCUT2D eigenvalue weighted by Gasteiger charge is -2.26. The highest BCUT2D eigenvalue weighted by Gasteiger charge is 2.23. The van der Waals surface area contributed by atoms with Crippen LogP contribution in [-0.2, 0) is 13.0 Å². The fourth-order valence-electron chi connectivity index (χ4n) is 1.79. The second-order valence-electron chi connectivity index (χ2n) is 3.53. The summed E-state index contributed by atoms with van der Waals surface area (Å²) in [5.41, 5.74) is 1.94. The van der Waals surface area contributed by atoms with Crippen molar-refractivity contribution in [2.24, 2.45) is 0 Å². The van der Waals surface area contributed by atoms with E-state index in [4.69, 9.17) is 5.26 Å². The SMILES string of the molecule is CCSC(=O)N1CCc2c(C#N)csc2C1. The van der Waals surface area contributed by atoms with Gasteiger partial charge in [-0.1, -0.05) is 18.7 Å². The fraction of sp³-hybridized carbons (Fsp3) is 0.455. The second-order valence-corrected chi connectivity index (χ2v) is 5.71. The van der Waals surface area contributed by atoms with Gasteiger partial charge in [0, 0.05) is 16.8 Å². The second kappa shape index (κ2) is 4.89. The van der Waals surface area contributed by atoms with Crippen LogP contribution in [0.25, 0.3) is 0 Å². The molecule has 0 spiro atoms. The summed E-state index contributed by atoms with van der Waals surface area (Å²) in [6.45, 7) is 3.40. The molecule has 2 heterocycles. The average molecular weight is 252 g/mol. The Balaban J connectivity index is 2.13. The zero-order valence-electron chi connectivity index (χ0n) is 9.02. The predicted molar refractivity (Wildman–Crippen MR) is 66.7 cm³/mol. The molecule has 0 atom stereocenters. The number of hydrogen-bond donors (Lipinski definition) is 0. The standard InChI is InChI=1S/C11H12N2OS2/c1-2-15-11(14)13-4-3-9-8(5-12)7-16-10(9)6-13/h7H,2-4,6H2,1H3. The molecule has 0 aromatic carbocycles. The number of thioether (sulfide) groups is 1. The molecule has 0 unspecified atom stereocenters. The Morgan fingerprint density at radius 1 is 1.75 bits per heavy atom. The van der Waals surface area contributed by atoms with Crippen LogP contribution in [0.2, 0.25) is 0 Å². The highest BCUT2D eigenvalue weighted by molar-refractivity contribution is 8.13. The van der Waals surface area contributed by atoms with Gasteiger partial charge in [0.05, 0.1) is 12.1 Å². The first-order chi connectivity index (χ1) is 7.76. The molecular formula is C11H12N2OS2. The van der Waals surface area contributed by atoms with Crippen molar-refractivity contribution < 1.29 is 4.79 Å². The Morgan fingerprint density at radius 3 is 3.25 bits per heavy atom. The normalized spacial score (nSPS) is 14.4. The zero-order chi connectivity index (χ0) is 11.5.